The van der Waals surface area contributed by atoms with E-state index >= 15 is 0 Å². The number of methoxy groups -OCH3 is 2. The minimum Gasteiger partial charge on any atom is -0.493 e. The molecular formula is C23H24N2O4. The van der Waals surface area contributed by atoms with Gasteiger partial charge in [-0.2, -0.15) is 0 Å². The molecule has 2 N–H and O–H groups in total. The fraction of sp³-hybridized carbons (Fsp3) is 0.304. The molecule has 6 heteroatoms. The van der Waals surface area contributed by atoms with E-state index in [4.69, 9.17) is 9.47 Å². The molecule has 150 valence electrons. The van der Waals surface area contributed by atoms with Crippen molar-refractivity contribution in [1.82, 2.24) is 10.3 Å². The van der Waals surface area contributed by atoms with E-state index in [1.807, 2.05) is 36.4 Å². The molecule has 0 spiro atoms. The van der Waals surface area contributed by atoms with Gasteiger partial charge in [-0.3, -0.25) is 14.9 Å². The van der Waals surface area contributed by atoms with Crippen LogP contribution in [0, 0.1) is 0 Å². The highest BCUT2D eigenvalue weighted by atomic mass is 16.5. The van der Waals surface area contributed by atoms with Gasteiger partial charge in [-0.25, -0.2) is 0 Å². The molecule has 1 saturated heterocycles. The van der Waals surface area contributed by atoms with Gasteiger partial charge in [0.1, 0.15) is 0 Å². The Hall–Kier alpha value is -3.28. The van der Waals surface area contributed by atoms with E-state index in [-0.39, 0.29) is 24.2 Å². The monoisotopic (exact) mass is 392 g/mol. The molecule has 3 aromatic rings. The third kappa shape index (κ3) is 3.24. The molecule has 2 heterocycles. The number of aromatic amines is 1. The van der Waals surface area contributed by atoms with Gasteiger partial charge in [-0.05, 0) is 47.4 Å². The van der Waals surface area contributed by atoms with E-state index < -0.39 is 5.92 Å². The van der Waals surface area contributed by atoms with Gasteiger partial charge in [0.25, 0.3) is 0 Å². The Morgan fingerprint density at radius 2 is 1.76 bits per heavy atom. The van der Waals surface area contributed by atoms with Crippen LogP contribution in [0.5, 0.6) is 11.5 Å². The molecule has 1 unspecified atom stereocenters. The van der Waals surface area contributed by atoms with E-state index in [2.05, 4.69) is 24.1 Å². The van der Waals surface area contributed by atoms with Gasteiger partial charge in [0, 0.05) is 22.9 Å². The van der Waals surface area contributed by atoms with Crippen molar-refractivity contribution >= 4 is 22.7 Å². The molecule has 0 aliphatic carbocycles. The first kappa shape index (κ1) is 19.1. The van der Waals surface area contributed by atoms with Gasteiger partial charge in [0.2, 0.25) is 11.8 Å². The number of rotatable bonds is 5. The molecule has 0 saturated carbocycles. The SMILES string of the molecule is COc1ccc(-c2[nH]c3ccc(C4CC(=O)NC4=O)cc3c2C(C)C)cc1OC. The first-order valence-electron chi connectivity index (χ1n) is 9.64. The van der Waals surface area contributed by atoms with Crippen molar-refractivity contribution in [2.24, 2.45) is 0 Å². The van der Waals surface area contributed by atoms with E-state index in [1.54, 1.807) is 14.2 Å². The maximum absolute atomic E-state index is 12.1. The Kier molecular flexibility index (Phi) is 4.78. The van der Waals surface area contributed by atoms with Crippen molar-refractivity contribution in [1.29, 1.82) is 0 Å². The van der Waals surface area contributed by atoms with Gasteiger partial charge >= 0.3 is 0 Å². The van der Waals surface area contributed by atoms with Crippen molar-refractivity contribution in [2.75, 3.05) is 14.2 Å². The summed E-state index contributed by atoms with van der Waals surface area (Å²) in [6.45, 7) is 4.29. The highest BCUT2D eigenvalue weighted by molar-refractivity contribution is 6.06. The minimum absolute atomic E-state index is 0.203. The van der Waals surface area contributed by atoms with Crippen LogP contribution in [-0.4, -0.2) is 31.0 Å². The summed E-state index contributed by atoms with van der Waals surface area (Å²) in [5, 5.41) is 3.46. The van der Waals surface area contributed by atoms with Crippen LogP contribution in [0.3, 0.4) is 0 Å². The quantitative estimate of drug-likeness (QED) is 0.641. The number of ether oxygens (including phenoxy) is 2. The van der Waals surface area contributed by atoms with Crippen LogP contribution >= 0.6 is 0 Å². The Labute approximate surface area is 169 Å². The molecule has 1 atom stereocenters. The van der Waals surface area contributed by atoms with Crippen LogP contribution in [0.25, 0.3) is 22.2 Å². The van der Waals surface area contributed by atoms with Crippen LogP contribution in [0.2, 0.25) is 0 Å². The molecule has 4 rings (SSSR count). The average molecular weight is 392 g/mol. The molecule has 6 nitrogen and oxygen atoms in total. The second-order valence-electron chi connectivity index (χ2n) is 7.61. The summed E-state index contributed by atoms with van der Waals surface area (Å²) in [5.74, 6) is 0.727. The van der Waals surface area contributed by atoms with Crippen LogP contribution in [0.1, 0.15) is 43.2 Å². The Morgan fingerprint density at radius 3 is 2.38 bits per heavy atom. The van der Waals surface area contributed by atoms with Gasteiger partial charge in [0.15, 0.2) is 11.5 Å². The number of H-pyrrole nitrogens is 1. The number of aromatic nitrogens is 1. The molecule has 1 aromatic heterocycles. The number of amides is 2. The highest BCUT2D eigenvalue weighted by Crippen LogP contribution is 2.40. The number of hydrogen-bond donors (Lipinski definition) is 2. The topological polar surface area (TPSA) is 80.4 Å². The summed E-state index contributed by atoms with van der Waals surface area (Å²) in [6, 6.07) is 11.8. The van der Waals surface area contributed by atoms with Crippen LogP contribution in [-0.2, 0) is 9.59 Å². The van der Waals surface area contributed by atoms with E-state index in [1.165, 1.54) is 5.56 Å². The van der Waals surface area contributed by atoms with E-state index in [0.29, 0.717) is 11.5 Å². The van der Waals surface area contributed by atoms with Crippen molar-refractivity contribution < 1.29 is 19.1 Å². The zero-order valence-corrected chi connectivity index (χ0v) is 17.0. The van der Waals surface area contributed by atoms with Gasteiger partial charge in [0.05, 0.1) is 25.8 Å². The van der Waals surface area contributed by atoms with E-state index in [0.717, 1.165) is 27.7 Å². The number of carbonyl (C=O) groups is 2. The Balaban J connectivity index is 1.86. The third-order valence-electron chi connectivity index (χ3n) is 5.48. The molecule has 1 aliphatic rings. The molecular weight excluding hydrogens is 368 g/mol. The zero-order valence-electron chi connectivity index (χ0n) is 17.0. The second-order valence-corrected chi connectivity index (χ2v) is 7.61. The first-order chi connectivity index (χ1) is 13.9. The number of carbonyl (C=O) groups excluding carboxylic acids is 2. The van der Waals surface area contributed by atoms with Crippen molar-refractivity contribution in [3.05, 3.63) is 47.5 Å². The van der Waals surface area contributed by atoms with Crippen molar-refractivity contribution in [2.45, 2.75) is 32.1 Å². The molecule has 1 fully saturated rings. The largest absolute Gasteiger partial charge is 0.493 e. The fourth-order valence-corrected chi connectivity index (χ4v) is 4.09. The van der Waals surface area contributed by atoms with Crippen LogP contribution in [0.4, 0.5) is 0 Å². The summed E-state index contributed by atoms with van der Waals surface area (Å²) in [6.07, 6.45) is 0.203. The lowest BCUT2D eigenvalue weighted by Gasteiger charge is -2.12. The van der Waals surface area contributed by atoms with Crippen LogP contribution < -0.4 is 14.8 Å². The summed E-state index contributed by atoms with van der Waals surface area (Å²) in [7, 11) is 3.24. The average Bonchev–Trinajstić information content (AvgIpc) is 3.26. The van der Waals surface area contributed by atoms with Crippen molar-refractivity contribution in [3.63, 3.8) is 0 Å². The summed E-state index contributed by atoms with van der Waals surface area (Å²) in [4.78, 5) is 27.3. The van der Waals surface area contributed by atoms with Gasteiger partial charge in [-0.15, -0.1) is 0 Å². The summed E-state index contributed by atoms with van der Waals surface area (Å²) >= 11 is 0. The Bertz CT molecular complexity index is 1110. The summed E-state index contributed by atoms with van der Waals surface area (Å²) < 4.78 is 10.8. The zero-order chi connectivity index (χ0) is 20.7. The number of hydrogen-bond acceptors (Lipinski definition) is 4. The summed E-state index contributed by atoms with van der Waals surface area (Å²) in [5.41, 5.74) is 5.03. The number of nitrogens with one attached hydrogen (secondary N) is 2. The maximum atomic E-state index is 12.1. The lowest BCUT2D eigenvalue weighted by Crippen LogP contribution is -2.21. The predicted octanol–water partition coefficient (Wildman–Crippen LogP) is 4.11. The number of imide groups is 1. The van der Waals surface area contributed by atoms with Gasteiger partial charge in [-0.1, -0.05) is 19.9 Å². The predicted molar refractivity (Wildman–Crippen MR) is 111 cm³/mol. The fourth-order valence-electron chi connectivity index (χ4n) is 4.09. The van der Waals surface area contributed by atoms with Crippen molar-refractivity contribution in [3.8, 4) is 22.8 Å². The molecule has 1 aliphatic heterocycles. The molecule has 2 amide bonds. The number of fused-ring (bicyclic) bond motifs is 1. The maximum Gasteiger partial charge on any atom is 0.234 e. The van der Waals surface area contributed by atoms with E-state index in [9.17, 15) is 9.59 Å². The Morgan fingerprint density at radius 1 is 1.00 bits per heavy atom. The lowest BCUT2D eigenvalue weighted by atomic mass is 9.92. The smallest absolute Gasteiger partial charge is 0.234 e. The molecule has 29 heavy (non-hydrogen) atoms. The standard InChI is InChI=1S/C23H24N2O4/c1-12(2)21-16-9-13(15-11-20(26)25-23(15)27)5-7-17(16)24-22(21)14-6-8-18(28-3)19(10-14)29-4/h5-10,12,15,24H,11H2,1-4H3,(H,25,26,27). The third-order valence-corrected chi connectivity index (χ3v) is 5.48. The molecule has 0 bridgehead atoms. The molecule has 0 radical (unpaired) electrons. The molecule has 2 aromatic carbocycles. The lowest BCUT2D eigenvalue weighted by molar-refractivity contribution is -0.125. The minimum atomic E-state index is -0.425. The normalized spacial score (nSPS) is 16.5. The van der Waals surface area contributed by atoms with Crippen LogP contribution in [0.15, 0.2) is 36.4 Å². The highest BCUT2D eigenvalue weighted by Gasteiger charge is 2.32. The van der Waals surface area contributed by atoms with Gasteiger partial charge < -0.3 is 14.5 Å². The second kappa shape index (κ2) is 7.28. The first-order valence-corrected chi connectivity index (χ1v) is 9.64. The number of benzene rings is 2.